The van der Waals surface area contributed by atoms with Gasteiger partial charge in [0.25, 0.3) is 0 Å². The molecule has 0 heterocycles. The second-order valence-electron chi connectivity index (χ2n) is 4.98. The zero-order chi connectivity index (χ0) is 11.4. The molecule has 2 unspecified atom stereocenters. The lowest BCUT2D eigenvalue weighted by Gasteiger charge is -2.11. The highest BCUT2D eigenvalue weighted by atomic mass is 127. The third kappa shape index (κ3) is 5.90. The molecule has 0 aromatic heterocycles. The Labute approximate surface area is 121 Å². The first-order valence-electron chi connectivity index (χ1n) is 6.34. The number of ether oxygens (including phenoxy) is 1. The molecule has 0 spiro atoms. The summed E-state index contributed by atoms with van der Waals surface area (Å²) in [4.78, 5) is 4.19. The van der Waals surface area contributed by atoms with Gasteiger partial charge in [-0.2, -0.15) is 0 Å². The van der Waals surface area contributed by atoms with Crippen LogP contribution >= 0.6 is 24.0 Å². The predicted octanol–water partition coefficient (Wildman–Crippen LogP) is 1.60. The van der Waals surface area contributed by atoms with E-state index < -0.39 is 0 Å². The maximum absolute atomic E-state index is 5.55. The Kier molecular flexibility index (Phi) is 6.54. The lowest BCUT2D eigenvalue weighted by atomic mass is 10.5. The van der Waals surface area contributed by atoms with E-state index in [-0.39, 0.29) is 24.0 Å². The minimum Gasteiger partial charge on any atom is -0.379 e. The topological polar surface area (TPSA) is 45.7 Å². The average molecular weight is 353 g/mol. The molecule has 2 aliphatic rings. The van der Waals surface area contributed by atoms with Crippen molar-refractivity contribution in [3.8, 4) is 0 Å². The van der Waals surface area contributed by atoms with E-state index in [9.17, 15) is 0 Å². The van der Waals surface area contributed by atoms with Crippen LogP contribution in [0.2, 0.25) is 0 Å². The number of hydrogen-bond acceptors (Lipinski definition) is 2. The van der Waals surface area contributed by atoms with Gasteiger partial charge in [0, 0.05) is 26.2 Å². The zero-order valence-electron chi connectivity index (χ0n) is 10.7. The number of guanidine groups is 1. The Morgan fingerprint density at radius 2 is 2.12 bits per heavy atom. The minimum atomic E-state index is 0. The molecule has 0 radical (unpaired) electrons. The van der Waals surface area contributed by atoms with E-state index in [1.807, 2.05) is 7.05 Å². The minimum absolute atomic E-state index is 0. The summed E-state index contributed by atoms with van der Waals surface area (Å²) in [5.41, 5.74) is 0. The van der Waals surface area contributed by atoms with Crippen LogP contribution in [-0.4, -0.2) is 38.8 Å². The van der Waals surface area contributed by atoms with Crippen molar-refractivity contribution in [3.63, 3.8) is 0 Å². The molecule has 2 rings (SSSR count). The van der Waals surface area contributed by atoms with E-state index in [1.54, 1.807) is 0 Å². The van der Waals surface area contributed by atoms with Gasteiger partial charge in [-0.3, -0.25) is 4.99 Å². The first-order valence-corrected chi connectivity index (χ1v) is 6.34. The van der Waals surface area contributed by atoms with Crippen molar-refractivity contribution in [2.45, 2.75) is 32.2 Å². The fraction of sp³-hybridized carbons (Fsp3) is 0.917. The highest BCUT2D eigenvalue weighted by Crippen LogP contribution is 2.29. The Bertz CT molecular complexity index is 256. The zero-order valence-corrected chi connectivity index (χ0v) is 13.1. The number of hydrogen-bond donors (Lipinski definition) is 2. The van der Waals surface area contributed by atoms with E-state index in [4.69, 9.17) is 4.74 Å². The Hall–Kier alpha value is -0.0400. The smallest absolute Gasteiger partial charge is 0.191 e. The van der Waals surface area contributed by atoms with E-state index in [0.29, 0.717) is 6.04 Å². The van der Waals surface area contributed by atoms with Crippen molar-refractivity contribution in [2.24, 2.45) is 16.8 Å². The summed E-state index contributed by atoms with van der Waals surface area (Å²) in [6, 6.07) is 0.624. The molecule has 0 aromatic rings. The highest BCUT2D eigenvalue weighted by molar-refractivity contribution is 14.0. The number of nitrogens with one attached hydrogen (secondary N) is 2. The van der Waals surface area contributed by atoms with Gasteiger partial charge in [0.05, 0.1) is 6.61 Å². The summed E-state index contributed by atoms with van der Waals surface area (Å²) < 4.78 is 5.55. The van der Waals surface area contributed by atoms with Crippen LogP contribution in [0.25, 0.3) is 0 Å². The second kappa shape index (κ2) is 7.41. The van der Waals surface area contributed by atoms with Crippen LogP contribution in [0.1, 0.15) is 26.2 Å². The van der Waals surface area contributed by atoms with Crippen molar-refractivity contribution >= 4 is 29.9 Å². The number of nitrogens with zero attached hydrogens (tertiary/aromatic N) is 1. The predicted molar refractivity (Wildman–Crippen MR) is 81.0 cm³/mol. The Balaban J connectivity index is 0.00000144. The molecule has 0 bridgehead atoms. The molecule has 4 nitrogen and oxygen atoms in total. The first kappa shape index (κ1) is 15.0. The van der Waals surface area contributed by atoms with Crippen LogP contribution in [0.15, 0.2) is 4.99 Å². The van der Waals surface area contributed by atoms with Crippen molar-refractivity contribution in [2.75, 3.05) is 26.8 Å². The quantitative estimate of drug-likeness (QED) is 0.330. The standard InChI is InChI=1S/C12H23N3O.HI/c1-9-7-11(9)15-12(13-2)14-5-6-16-8-10-3-4-10;/h9-11H,3-8H2,1-2H3,(H2,13,14,15);1H. The number of aliphatic imine (C=N–C) groups is 1. The van der Waals surface area contributed by atoms with Crippen LogP contribution in [0.3, 0.4) is 0 Å². The highest BCUT2D eigenvalue weighted by Gasteiger charge is 2.33. The lowest BCUT2D eigenvalue weighted by Crippen LogP contribution is -2.40. The van der Waals surface area contributed by atoms with Crippen LogP contribution in [0.5, 0.6) is 0 Å². The third-order valence-corrected chi connectivity index (χ3v) is 3.24. The van der Waals surface area contributed by atoms with Gasteiger partial charge in [-0.15, -0.1) is 24.0 Å². The summed E-state index contributed by atoms with van der Waals surface area (Å²) in [5, 5.41) is 6.66. The van der Waals surface area contributed by atoms with Gasteiger partial charge in [-0.25, -0.2) is 0 Å². The van der Waals surface area contributed by atoms with Crippen molar-refractivity contribution in [3.05, 3.63) is 0 Å². The van der Waals surface area contributed by atoms with Gasteiger partial charge in [-0.05, 0) is 31.1 Å². The molecule has 2 aliphatic carbocycles. The van der Waals surface area contributed by atoms with Gasteiger partial charge in [0.15, 0.2) is 5.96 Å². The molecule has 0 aromatic carbocycles. The lowest BCUT2D eigenvalue weighted by molar-refractivity contribution is 0.129. The molecule has 2 saturated carbocycles. The maximum atomic E-state index is 5.55. The van der Waals surface area contributed by atoms with Crippen LogP contribution < -0.4 is 10.6 Å². The largest absolute Gasteiger partial charge is 0.379 e. The molecule has 100 valence electrons. The monoisotopic (exact) mass is 353 g/mol. The Morgan fingerprint density at radius 1 is 1.41 bits per heavy atom. The summed E-state index contributed by atoms with van der Waals surface area (Å²) in [6.45, 7) is 4.81. The third-order valence-electron chi connectivity index (χ3n) is 3.24. The summed E-state index contributed by atoms with van der Waals surface area (Å²) in [5.74, 6) is 2.55. The Morgan fingerprint density at radius 3 is 2.65 bits per heavy atom. The molecular formula is C12H24IN3O. The van der Waals surface area contributed by atoms with Crippen LogP contribution in [0.4, 0.5) is 0 Å². The van der Waals surface area contributed by atoms with E-state index >= 15 is 0 Å². The van der Waals surface area contributed by atoms with Gasteiger partial charge < -0.3 is 15.4 Å². The van der Waals surface area contributed by atoms with Crippen LogP contribution in [0, 0.1) is 11.8 Å². The molecule has 0 saturated heterocycles. The summed E-state index contributed by atoms with van der Waals surface area (Å²) >= 11 is 0. The molecule has 2 fully saturated rings. The molecule has 0 aliphatic heterocycles. The fourth-order valence-electron chi connectivity index (χ4n) is 1.67. The SMILES string of the molecule is CN=C(NCCOCC1CC1)NC1CC1C.I. The van der Waals surface area contributed by atoms with Gasteiger partial charge >= 0.3 is 0 Å². The molecule has 2 N–H and O–H groups in total. The van der Waals surface area contributed by atoms with Crippen LogP contribution in [-0.2, 0) is 4.74 Å². The molecule has 2 atom stereocenters. The van der Waals surface area contributed by atoms with Crippen molar-refractivity contribution in [1.82, 2.24) is 10.6 Å². The van der Waals surface area contributed by atoms with Crippen molar-refractivity contribution in [1.29, 1.82) is 0 Å². The second-order valence-corrected chi connectivity index (χ2v) is 4.98. The molecule has 17 heavy (non-hydrogen) atoms. The fourth-order valence-corrected chi connectivity index (χ4v) is 1.67. The molecular weight excluding hydrogens is 329 g/mol. The maximum Gasteiger partial charge on any atom is 0.191 e. The van der Waals surface area contributed by atoms with E-state index in [1.165, 1.54) is 19.3 Å². The number of rotatable bonds is 6. The molecule has 5 heteroatoms. The number of halogens is 1. The molecule has 0 amide bonds. The summed E-state index contributed by atoms with van der Waals surface area (Å²) in [7, 11) is 1.81. The first-order chi connectivity index (χ1) is 7.79. The van der Waals surface area contributed by atoms with Gasteiger partial charge in [-0.1, -0.05) is 6.92 Å². The van der Waals surface area contributed by atoms with Crippen molar-refractivity contribution < 1.29 is 4.74 Å². The average Bonchev–Trinajstić information content (AvgIpc) is 3.16. The van der Waals surface area contributed by atoms with E-state index in [0.717, 1.165) is 37.6 Å². The summed E-state index contributed by atoms with van der Waals surface area (Å²) in [6.07, 6.45) is 3.98. The van der Waals surface area contributed by atoms with Gasteiger partial charge in [0.2, 0.25) is 0 Å². The van der Waals surface area contributed by atoms with E-state index in [2.05, 4.69) is 22.5 Å². The normalized spacial score (nSPS) is 27.3. The van der Waals surface area contributed by atoms with Gasteiger partial charge in [0.1, 0.15) is 0 Å².